The Labute approximate surface area is 139 Å². The molecule has 0 amide bonds. The summed E-state index contributed by atoms with van der Waals surface area (Å²) in [6.45, 7) is 20.3. The SMILES string of the molecule is C=Cc1[pH]c2cc3c(C)c(C=C)c(C=C)c(C)c3cc2c1C=C. The Morgan fingerprint density at radius 1 is 0.696 bits per heavy atom. The molecule has 2 aromatic carbocycles. The highest BCUT2D eigenvalue weighted by Gasteiger charge is 2.14. The molecule has 0 spiro atoms. The fraction of sp³-hybridized carbons (Fsp3) is 0.0909. The lowest BCUT2D eigenvalue weighted by Gasteiger charge is -2.15. The topological polar surface area (TPSA) is 0 Å². The molecule has 0 saturated heterocycles. The lowest BCUT2D eigenvalue weighted by molar-refractivity contribution is 1.42. The minimum atomic E-state index is 0.654. The van der Waals surface area contributed by atoms with Crippen LogP contribution in [-0.2, 0) is 0 Å². The summed E-state index contributed by atoms with van der Waals surface area (Å²) in [5.74, 6) is 0. The largest absolute Gasteiger partial charge is 0.123 e. The van der Waals surface area contributed by atoms with E-state index < -0.39 is 0 Å². The first-order valence-electron chi connectivity index (χ1n) is 7.69. The summed E-state index contributed by atoms with van der Waals surface area (Å²) in [7, 11) is 0.654. The van der Waals surface area contributed by atoms with Gasteiger partial charge in [0, 0.05) is 5.12 Å². The molecular weight excluding hydrogens is 295 g/mol. The van der Waals surface area contributed by atoms with Crippen molar-refractivity contribution < 1.29 is 0 Å². The molecule has 0 N–H and O–H groups in total. The minimum absolute atomic E-state index is 0.654. The summed E-state index contributed by atoms with van der Waals surface area (Å²) < 4.78 is 0. The zero-order valence-corrected chi connectivity index (χ0v) is 14.8. The van der Waals surface area contributed by atoms with Gasteiger partial charge in [-0.15, -0.1) is 8.19 Å². The maximum absolute atomic E-state index is 3.99. The maximum Gasteiger partial charge on any atom is 0.0000444 e. The molecule has 0 bridgehead atoms. The molecule has 0 saturated carbocycles. The van der Waals surface area contributed by atoms with Crippen molar-refractivity contribution in [1.29, 1.82) is 0 Å². The van der Waals surface area contributed by atoms with Crippen molar-refractivity contribution in [3.63, 3.8) is 0 Å². The average molecular weight is 316 g/mol. The number of hydrogen-bond donors (Lipinski definition) is 0. The monoisotopic (exact) mass is 316 g/mol. The zero-order valence-electron chi connectivity index (χ0n) is 13.8. The third-order valence-corrected chi connectivity index (χ3v) is 6.16. The molecule has 1 heterocycles. The highest BCUT2D eigenvalue weighted by molar-refractivity contribution is 7.39. The summed E-state index contributed by atoms with van der Waals surface area (Å²) in [5, 5.41) is 6.56. The highest BCUT2D eigenvalue weighted by Crippen LogP contribution is 2.42. The van der Waals surface area contributed by atoms with E-state index in [4.69, 9.17) is 0 Å². The van der Waals surface area contributed by atoms with Crippen molar-refractivity contribution >= 4 is 53.8 Å². The van der Waals surface area contributed by atoms with E-state index >= 15 is 0 Å². The van der Waals surface area contributed by atoms with Gasteiger partial charge < -0.3 is 0 Å². The van der Waals surface area contributed by atoms with Crippen molar-refractivity contribution in [2.45, 2.75) is 13.8 Å². The highest BCUT2D eigenvalue weighted by atomic mass is 31.0. The Kier molecular flexibility index (Phi) is 3.88. The van der Waals surface area contributed by atoms with Crippen LogP contribution in [0.1, 0.15) is 33.1 Å². The van der Waals surface area contributed by atoms with E-state index in [1.807, 2.05) is 24.3 Å². The second-order valence-electron chi connectivity index (χ2n) is 5.79. The van der Waals surface area contributed by atoms with Crippen molar-refractivity contribution in [3.8, 4) is 0 Å². The van der Waals surface area contributed by atoms with Gasteiger partial charge in [-0.05, 0) is 75.3 Å². The molecular formula is C22H21P. The van der Waals surface area contributed by atoms with Crippen LogP contribution in [0.25, 0.3) is 45.6 Å². The fourth-order valence-corrected chi connectivity index (χ4v) is 4.83. The van der Waals surface area contributed by atoms with Gasteiger partial charge in [0.05, 0.1) is 0 Å². The average Bonchev–Trinajstić information content (AvgIpc) is 2.93. The molecule has 1 unspecified atom stereocenters. The van der Waals surface area contributed by atoms with Gasteiger partial charge in [0.2, 0.25) is 0 Å². The number of fused-ring (bicyclic) bond motifs is 2. The molecule has 0 aliphatic rings. The van der Waals surface area contributed by atoms with Crippen molar-refractivity contribution in [1.82, 2.24) is 0 Å². The van der Waals surface area contributed by atoms with E-state index in [1.54, 1.807) is 0 Å². The van der Waals surface area contributed by atoms with Gasteiger partial charge in [0.1, 0.15) is 0 Å². The second-order valence-corrected chi connectivity index (χ2v) is 7.12. The van der Waals surface area contributed by atoms with Crippen LogP contribution in [0.3, 0.4) is 0 Å². The Morgan fingerprint density at radius 3 is 1.70 bits per heavy atom. The molecule has 3 aromatic rings. The summed E-state index contributed by atoms with van der Waals surface area (Å²) in [6.07, 6.45) is 7.80. The Bertz CT molecular complexity index is 996. The minimum Gasteiger partial charge on any atom is -0.123 e. The molecule has 3 rings (SSSR count). The van der Waals surface area contributed by atoms with Crippen LogP contribution in [0.2, 0.25) is 0 Å². The van der Waals surface area contributed by atoms with E-state index in [0.717, 1.165) is 0 Å². The van der Waals surface area contributed by atoms with Crippen molar-refractivity contribution in [3.05, 3.63) is 71.6 Å². The van der Waals surface area contributed by atoms with Crippen molar-refractivity contribution in [2.24, 2.45) is 0 Å². The predicted octanol–water partition coefficient (Wildman–Crippen LogP) is 7.21. The van der Waals surface area contributed by atoms with Crippen molar-refractivity contribution in [2.75, 3.05) is 0 Å². The molecule has 0 nitrogen and oxygen atoms in total. The standard InChI is InChI=1S/C22H21P/c1-7-15-13(5)18-11-20-17(9-3)21(10-4)23-22(20)12-19(18)14(6)16(15)8-2/h7-12,23H,1-4H2,5-6H3. The quantitative estimate of drug-likeness (QED) is 0.477. The third-order valence-electron chi connectivity index (χ3n) is 4.73. The first-order valence-corrected chi connectivity index (χ1v) is 8.69. The van der Waals surface area contributed by atoms with Crippen LogP contribution in [0, 0.1) is 13.8 Å². The van der Waals surface area contributed by atoms with E-state index in [0.29, 0.717) is 8.19 Å². The van der Waals surface area contributed by atoms with Gasteiger partial charge >= 0.3 is 0 Å². The van der Waals surface area contributed by atoms with Gasteiger partial charge in [0.15, 0.2) is 0 Å². The summed E-state index contributed by atoms with van der Waals surface area (Å²) >= 11 is 0. The van der Waals surface area contributed by atoms with Crippen LogP contribution in [0.5, 0.6) is 0 Å². The van der Waals surface area contributed by atoms with E-state index in [9.17, 15) is 0 Å². The normalized spacial score (nSPS) is 11.2. The molecule has 1 aromatic heterocycles. The van der Waals surface area contributed by atoms with E-state index in [-0.39, 0.29) is 0 Å². The zero-order chi connectivity index (χ0) is 16.7. The Morgan fingerprint density at radius 2 is 1.22 bits per heavy atom. The number of benzene rings is 2. The van der Waals surface area contributed by atoms with Gasteiger partial charge in [-0.1, -0.05) is 50.6 Å². The first kappa shape index (κ1) is 15.6. The third kappa shape index (κ3) is 2.14. The van der Waals surface area contributed by atoms with Crippen LogP contribution in [-0.4, -0.2) is 0 Å². The first-order chi connectivity index (χ1) is 11.1. The second kappa shape index (κ2) is 5.72. The van der Waals surface area contributed by atoms with Crippen LogP contribution >= 0.6 is 8.19 Å². The molecule has 1 atom stereocenters. The molecule has 1 heteroatoms. The number of aryl methyl sites for hydroxylation is 2. The van der Waals surface area contributed by atoms with E-state index in [2.05, 4.69) is 52.3 Å². The molecule has 0 radical (unpaired) electrons. The number of hydrogen-bond acceptors (Lipinski definition) is 0. The Hall–Kier alpha value is -2.30. The molecule has 23 heavy (non-hydrogen) atoms. The predicted molar refractivity (Wildman–Crippen MR) is 111 cm³/mol. The molecule has 0 aliphatic carbocycles. The van der Waals surface area contributed by atoms with E-state index in [1.165, 1.54) is 54.4 Å². The van der Waals surface area contributed by atoms with Gasteiger partial charge in [-0.3, -0.25) is 0 Å². The summed E-state index contributed by atoms with van der Waals surface area (Å²) in [4.78, 5) is 0. The number of rotatable bonds is 4. The molecule has 0 fully saturated rings. The lowest BCUT2D eigenvalue weighted by Crippen LogP contribution is -1.94. The van der Waals surface area contributed by atoms with Gasteiger partial charge in [-0.25, -0.2) is 0 Å². The molecule has 114 valence electrons. The van der Waals surface area contributed by atoms with Gasteiger partial charge in [0.25, 0.3) is 0 Å². The summed E-state index contributed by atoms with van der Waals surface area (Å²) in [5.41, 5.74) is 6.12. The van der Waals surface area contributed by atoms with Gasteiger partial charge in [-0.2, -0.15) is 0 Å². The fourth-order valence-electron chi connectivity index (χ4n) is 3.51. The van der Waals surface area contributed by atoms with Crippen LogP contribution in [0.4, 0.5) is 0 Å². The maximum atomic E-state index is 3.99. The lowest BCUT2D eigenvalue weighted by atomic mass is 9.89. The molecule has 0 aliphatic heterocycles. The smallest absolute Gasteiger partial charge is 0.0000444 e. The van der Waals surface area contributed by atoms with Crippen LogP contribution < -0.4 is 0 Å². The van der Waals surface area contributed by atoms with Crippen LogP contribution in [0.15, 0.2) is 38.4 Å². The Balaban J connectivity index is 2.58. The summed E-state index contributed by atoms with van der Waals surface area (Å²) in [6, 6.07) is 4.65.